The number of rotatable bonds is 7. The lowest BCUT2D eigenvalue weighted by atomic mass is 10.2. The predicted octanol–water partition coefficient (Wildman–Crippen LogP) is 2.76. The average molecular weight is 355 g/mol. The Hall–Kier alpha value is -1.49. The van der Waals surface area contributed by atoms with Crippen LogP contribution in [0.5, 0.6) is 0 Å². The summed E-state index contributed by atoms with van der Waals surface area (Å²) < 4.78 is 59.9. The maximum atomic E-state index is 12.7. The highest BCUT2D eigenvalue weighted by Crippen LogP contribution is 2.34. The number of hydrogen-bond donors (Lipinski definition) is 1. The summed E-state index contributed by atoms with van der Waals surface area (Å²) in [6.07, 6.45) is -0.988. The second kappa shape index (κ2) is 6.73. The molecule has 1 aliphatic rings. The Morgan fingerprint density at radius 3 is 2.55 bits per heavy atom. The molecule has 0 bridgehead atoms. The van der Waals surface area contributed by atoms with Gasteiger partial charge < -0.3 is 5.21 Å². The van der Waals surface area contributed by atoms with E-state index in [-0.39, 0.29) is 10.7 Å². The zero-order valence-corrected chi connectivity index (χ0v) is 12.8. The molecule has 1 aliphatic carbocycles. The minimum Gasteiger partial charge on any atom is -0.411 e. The fourth-order valence-electron chi connectivity index (χ4n) is 1.62. The van der Waals surface area contributed by atoms with Gasteiger partial charge >= 0.3 is 6.08 Å². The van der Waals surface area contributed by atoms with Gasteiger partial charge in [-0.2, -0.15) is 8.78 Å². The molecule has 1 fully saturated rings. The third-order valence-corrected chi connectivity index (χ3v) is 6.15. The molecule has 1 saturated carbocycles. The van der Waals surface area contributed by atoms with E-state index in [1.165, 1.54) is 0 Å². The number of halogens is 3. The largest absolute Gasteiger partial charge is 0.411 e. The Morgan fingerprint density at radius 2 is 2.00 bits per heavy atom. The molecule has 0 atom stereocenters. The van der Waals surface area contributed by atoms with E-state index in [2.05, 4.69) is 15.4 Å². The highest BCUT2D eigenvalue weighted by molar-refractivity contribution is 7.93. The molecule has 0 unspecified atom stereocenters. The van der Waals surface area contributed by atoms with Gasteiger partial charge in [-0.05, 0) is 25.2 Å². The van der Waals surface area contributed by atoms with Gasteiger partial charge in [0.05, 0.1) is 5.75 Å². The quantitative estimate of drug-likeness (QED) is 0.461. The number of nitrogens with zero attached hydrogens (tertiary/aromatic N) is 3. The van der Waals surface area contributed by atoms with Crippen LogP contribution in [-0.2, 0) is 9.84 Å². The van der Waals surface area contributed by atoms with Crippen molar-refractivity contribution in [1.82, 2.24) is 10.2 Å². The maximum absolute atomic E-state index is 12.7. The summed E-state index contributed by atoms with van der Waals surface area (Å²) in [6.45, 7) is 0. The van der Waals surface area contributed by atoms with Crippen molar-refractivity contribution in [2.24, 2.45) is 11.1 Å². The Bertz CT molecular complexity index is 707. The molecule has 6 nitrogen and oxygen atoms in total. The summed E-state index contributed by atoms with van der Waals surface area (Å²) in [5.41, 5.74) is 0.238. The van der Waals surface area contributed by atoms with Crippen LogP contribution in [0.3, 0.4) is 0 Å². The van der Waals surface area contributed by atoms with Crippen molar-refractivity contribution in [1.29, 1.82) is 0 Å². The number of hydrogen-bond acceptors (Lipinski definition) is 7. The number of sulfone groups is 1. The van der Waals surface area contributed by atoms with E-state index in [1.807, 2.05) is 0 Å². The normalized spacial score (nSPS) is 15.9. The summed E-state index contributed by atoms with van der Waals surface area (Å²) in [6, 6.07) is 0. The summed E-state index contributed by atoms with van der Waals surface area (Å²) in [7, 11) is -4.02. The number of oxime groups is 1. The second-order valence-electron chi connectivity index (χ2n) is 4.80. The van der Waals surface area contributed by atoms with E-state index in [4.69, 9.17) is 5.21 Å². The van der Waals surface area contributed by atoms with Crippen molar-refractivity contribution >= 4 is 26.9 Å². The van der Waals surface area contributed by atoms with Gasteiger partial charge in [0.25, 0.3) is 0 Å². The summed E-state index contributed by atoms with van der Waals surface area (Å²) in [5.74, 6) is -2.21. The topological polar surface area (TPSA) is 92.5 Å². The third-order valence-electron chi connectivity index (χ3n) is 3.01. The molecule has 1 aromatic heterocycles. The standard InChI is InChI=1S/C11H12F3N3O3S2/c12-7(9(13)14)3-4-22(19,20)11-16-15-10(21-11)8(17-18)5-6-1-2-6/h6,18H,1-5H2. The molecule has 0 aromatic carbocycles. The molecule has 22 heavy (non-hydrogen) atoms. The Balaban J connectivity index is 2.10. The molecular formula is C11H12F3N3O3S2. The van der Waals surface area contributed by atoms with Gasteiger partial charge in [-0.25, -0.2) is 12.8 Å². The monoisotopic (exact) mass is 355 g/mol. The van der Waals surface area contributed by atoms with Crippen LogP contribution < -0.4 is 0 Å². The number of aromatic nitrogens is 2. The molecule has 0 amide bonds. The van der Waals surface area contributed by atoms with Crippen LogP contribution in [0.2, 0.25) is 0 Å². The highest BCUT2D eigenvalue weighted by Gasteiger charge is 2.28. The van der Waals surface area contributed by atoms with Gasteiger partial charge in [-0.3, -0.25) is 0 Å². The maximum Gasteiger partial charge on any atom is 0.301 e. The third kappa shape index (κ3) is 4.26. The fraction of sp³-hybridized carbons (Fsp3) is 0.545. The minimum atomic E-state index is -4.02. The van der Waals surface area contributed by atoms with E-state index in [9.17, 15) is 21.6 Å². The summed E-state index contributed by atoms with van der Waals surface area (Å²) >= 11 is 0.675. The lowest BCUT2D eigenvalue weighted by Crippen LogP contribution is -2.07. The lowest BCUT2D eigenvalue weighted by molar-refractivity contribution is 0.317. The second-order valence-corrected chi connectivity index (χ2v) is 8.06. The van der Waals surface area contributed by atoms with Gasteiger partial charge in [-0.1, -0.05) is 16.5 Å². The first-order valence-corrected chi connectivity index (χ1v) is 8.77. The van der Waals surface area contributed by atoms with Crippen LogP contribution >= 0.6 is 11.3 Å². The van der Waals surface area contributed by atoms with Gasteiger partial charge in [0.15, 0.2) is 10.8 Å². The van der Waals surface area contributed by atoms with Gasteiger partial charge in [0.1, 0.15) is 5.71 Å². The van der Waals surface area contributed by atoms with E-state index in [0.717, 1.165) is 12.8 Å². The molecule has 0 saturated heterocycles. The predicted molar refractivity (Wildman–Crippen MR) is 72.6 cm³/mol. The SMILES string of the molecule is O=S(=O)(CCC(F)=C(F)F)c1nnc(C(CC2CC2)=NO)s1. The minimum absolute atomic E-state index is 0.153. The van der Waals surface area contributed by atoms with Crippen LogP contribution in [0.1, 0.15) is 30.7 Å². The first-order valence-electron chi connectivity index (χ1n) is 6.30. The average Bonchev–Trinajstić information content (AvgIpc) is 3.15. The summed E-state index contributed by atoms with van der Waals surface area (Å²) in [5, 5.41) is 19.3. The Morgan fingerprint density at radius 1 is 1.32 bits per heavy atom. The Labute approximate surface area is 128 Å². The van der Waals surface area contributed by atoms with E-state index >= 15 is 0 Å². The number of allylic oxidation sites excluding steroid dienone is 1. The Kier molecular flexibility index (Phi) is 5.16. The van der Waals surface area contributed by atoms with E-state index in [0.29, 0.717) is 23.7 Å². The van der Waals surface area contributed by atoms with Gasteiger partial charge in [0.2, 0.25) is 14.2 Å². The molecule has 0 radical (unpaired) electrons. The molecule has 1 aromatic rings. The fourth-order valence-corrected chi connectivity index (χ4v) is 3.98. The zero-order valence-electron chi connectivity index (χ0n) is 11.2. The van der Waals surface area contributed by atoms with Crippen LogP contribution in [0, 0.1) is 5.92 Å². The first-order chi connectivity index (χ1) is 10.3. The molecule has 1 N–H and O–H groups in total. The van der Waals surface area contributed by atoms with Crippen LogP contribution in [0.25, 0.3) is 0 Å². The summed E-state index contributed by atoms with van der Waals surface area (Å²) in [4.78, 5) is 0. The van der Waals surface area contributed by atoms with Crippen molar-refractivity contribution in [3.05, 3.63) is 16.9 Å². The van der Waals surface area contributed by atoms with Gasteiger partial charge in [-0.15, -0.1) is 10.2 Å². The van der Waals surface area contributed by atoms with E-state index < -0.39 is 38.3 Å². The van der Waals surface area contributed by atoms with Crippen molar-refractivity contribution in [3.8, 4) is 0 Å². The van der Waals surface area contributed by atoms with Crippen LogP contribution in [0.15, 0.2) is 21.4 Å². The molecule has 122 valence electrons. The van der Waals surface area contributed by atoms with Crippen LogP contribution in [0.4, 0.5) is 13.2 Å². The molecular weight excluding hydrogens is 343 g/mol. The molecule has 1 heterocycles. The van der Waals surface area contributed by atoms with E-state index in [1.54, 1.807) is 0 Å². The molecule has 11 heteroatoms. The first kappa shape index (κ1) is 16.9. The zero-order chi connectivity index (χ0) is 16.3. The van der Waals surface area contributed by atoms with Crippen LogP contribution in [-0.4, -0.2) is 35.3 Å². The van der Waals surface area contributed by atoms with Crippen molar-refractivity contribution in [2.45, 2.75) is 30.0 Å². The highest BCUT2D eigenvalue weighted by atomic mass is 32.2. The van der Waals surface area contributed by atoms with Crippen molar-refractivity contribution in [3.63, 3.8) is 0 Å². The smallest absolute Gasteiger partial charge is 0.301 e. The molecule has 2 rings (SSSR count). The van der Waals surface area contributed by atoms with Crippen molar-refractivity contribution in [2.75, 3.05) is 5.75 Å². The molecule has 0 aliphatic heterocycles. The van der Waals surface area contributed by atoms with Gasteiger partial charge in [0, 0.05) is 6.42 Å². The van der Waals surface area contributed by atoms with Crippen molar-refractivity contribution < 1.29 is 26.8 Å². The molecule has 0 spiro atoms. The lowest BCUT2D eigenvalue weighted by Gasteiger charge is -1.98.